The fourth-order valence-electron chi connectivity index (χ4n) is 1.95. The van der Waals surface area contributed by atoms with Gasteiger partial charge in [-0.3, -0.25) is 0 Å². The maximum absolute atomic E-state index is 12.4. The van der Waals surface area contributed by atoms with Crippen molar-refractivity contribution in [3.8, 4) is 12.3 Å². The van der Waals surface area contributed by atoms with Gasteiger partial charge in [-0.1, -0.05) is 25.0 Å². The van der Waals surface area contributed by atoms with Crippen LogP contribution in [-0.4, -0.2) is 31.9 Å². The van der Waals surface area contributed by atoms with E-state index in [1.165, 1.54) is 17.1 Å². The predicted octanol–water partition coefficient (Wildman–Crippen LogP) is 1.58. The highest BCUT2D eigenvalue weighted by Crippen LogP contribution is 2.20. The average molecular weight is 292 g/mol. The van der Waals surface area contributed by atoms with E-state index in [0.717, 1.165) is 12.1 Å². The van der Waals surface area contributed by atoms with Crippen LogP contribution in [0.25, 0.3) is 0 Å². The Bertz CT molecular complexity index is 583. The van der Waals surface area contributed by atoms with E-state index in [0.29, 0.717) is 17.5 Å². The zero-order chi connectivity index (χ0) is 14.6. The van der Waals surface area contributed by atoms with Crippen LogP contribution >= 0.6 is 0 Å². The van der Waals surface area contributed by atoms with Crippen molar-refractivity contribution in [3.63, 3.8) is 0 Å². The van der Waals surface area contributed by atoms with E-state index in [9.17, 15) is 8.42 Å². The molecule has 0 bridgehead atoms. The molecule has 1 saturated carbocycles. The molecule has 0 amide bonds. The van der Waals surface area contributed by atoms with Gasteiger partial charge in [0.05, 0.1) is 11.4 Å². The number of hydrogen-bond donors (Lipinski definition) is 1. The van der Waals surface area contributed by atoms with Crippen molar-refractivity contribution in [1.29, 1.82) is 0 Å². The standard InChI is InChI=1S/C15H20N2O2S/c1-3-11-17(4-2)20(18,19)15-9-5-13(6-10-15)12-16-14-7-8-14/h1,5-6,9-10,14,16H,4,7-8,11-12H2,2H3. The van der Waals surface area contributed by atoms with Gasteiger partial charge in [-0.15, -0.1) is 6.42 Å². The van der Waals surface area contributed by atoms with E-state index in [1.807, 2.05) is 12.1 Å². The molecule has 20 heavy (non-hydrogen) atoms. The Morgan fingerprint density at radius 1 is 1.35 bits per heavy atom. The number of rotatable bonds is 7. The Morgan fingerprint density at radius 2 is 2.00 bits per heavy atom. The first-order chi connectivity index (χ1) is 9.57. The third-order valence-electron chi connectivity index (χ3n) is 3.35. The van der Waals surface area contributed by atoms with Crippen molar-refractivity contribution in [2.45, 2.75) is 37.2 Å². The van der Waals surface area contributed by atoms with Crippen molar-refractivity contribution in [2.75, 3.05) is 13.1 Å². The second-order valence-corrected chi connectivity index (χ2v) is 6.87. The average Bonchev–Trinajstić information content (AvgIpc) is 3.27. The molecule has 1 aliphatic rings. The Kier molecular flexibility index (Phi) is 4.81. The van der Waals surface area contributed by atoms with Crippen molar-refractivity contribution < 1.29 is 8.42 Å². The first-order valence-electron chi connectivity index (χ1n) is 6.84. The van der Waals surface area contributed by atoms with Gasteiger partial charge in [0, 0.05) is 19.1 Å². The second-order valence-electron chi connectivity index (χ2n) is 4.93. The Morgan fingerprint density at radius 3 is 2.50 bits per heavy atom. The minimum absolute atomic E-state index is 0.101. The number of hydrogen-bond acceptors (Lipinski definition) is 3. The van der Waals surface area contributed by atoms with Crippen LogP contribution < -0.4 is 5.32 Å². The summed E-state index contributed by atoms with van der Waals surface area (Å²) in [5, 5.41) is 3.40. The minimum Gasteiger partial charge on any atom is -0.310 e. The van der Waals surface area contributed by atoms with E-state index in [-0.39, 0.29) is 6.54 Å². The molecule has 1 aromatic carbocycles. The highest BCUT2D eigenvalue weighted by Gasteiger charge is 2.22. The van der Waals surface area contributed by atoms with Crippen LogP contribution in [0.4, 0.5) is 0 Å². The van der Waals surface area contributed by atoms with Crippen molar-refractivity contribution in [2.24, 2.45) is 0 Å². The molecule has 0 unspecified atom stereocenters. The maximum Gasteiger partial charge on any atom is 0.243 e. The molecule has 1 N–H and O–H groups in total. The number of terminal acetylenes is 1. The Hall–Kier alpha value is -1.35. The van der Waals surface area contributed by atoms with Crippen LogP contribution in [0.5, 0.6) is 0 Å². The molecule has 0 atom stereocenters. The molecule has 108 valence electrons. The van der Waals surface area contributed by atoms with Crippen LogP contribution in [0.2, 0.25) is 0 Å². The first-order valence-corrected chi connectivity index (χ1v) is 8.28. The summed E-state index contributed by atoms with van der Waals surface area (Å²) in [6.45, 7) is 3.04. The molecular weight excluding hydrogens is 272 g/mol. The number of nitrogens with one attached hydrogen (secondary N) is 1. The minimum atomic E-state index is -3.48. The lowest BCUT2D eigenvalue weighted by atomic mass is 10.2. The van der Waals surface area contributed by atoms with Crippen LogP contribution in [0, 0.1) is 12.3 Å². The normalized spacial score (nSPS) is 15.2. The third-order valence-corrected chi connectivity index (χ3v) is 5.29. The van der Waals surface area contributed by atoms with Gasteiger partial charge in [0.1, 0.15) is 0 Å². The molecule has 0 heterocycles. The van der Waals surface area contributed by atoms with E-state index in [1.54, 1.807) is 19.1 Å². The quantitative estimate of drug-likeness (QED) is 0.776. The van der Waals surface area contributed by atoms with Crippen molar-refractivity contribution in [3.05, 3.63) is 29.8 Å². The van der Waals surface area contributed by atoms with Crippen molar-refractivity contribution >= 4 is 10.0 Å². The van der Waals surface area contributed by atoms with Gasteiger partial charge in [0.2, 0.25) is 10.0 Å². The summed E-state index contributed by atoms with van der Waals surface area (Å²) in [4.78, 5) is 0.296. The first kappa shape index (κ1) is 15.0. The zero-order valence-electron chi connectivity index (χ0n) is 11.7. The molecule has 2 rings (SSSR count). The summed E-state index contributed by atoms with van der Waals surface area (Å²) in [5.41, 5.74) is 1.09. The van der Waals surface area contributed by atoms with E-state index in [2.05, 4.69) is 11.2 Å². The van der Waals surface area contributed by atoms with Crippen molar-refractivity contribution in [1.82, 2.24) is 9.62 Å². The van der Waals surface area contributed by atoms with E-state index in [4.69, 9.17) is 6.42 Å². The summed E-state index contributed by atoms with van der Waals surface area (Å²) in [7, 11) is -3.48. The van der Waals surface area contributed by atoms with Gasteiger partial charge in [0.25, 0.3) is 0 Å². The molecule has 0 saturated heterocycles. The molecule has 4 nitrogen and oxygen atoms in total. The Balaban J connectivity index is 2.09. The second kappa shape index (κ2) is 6.40. The highest BCUT2D eigenvalue weighted by atomic mass is 32.2. The Labute approximate surface area is 121 Å². The lowest BCUT2D eigenvalue weighted by molar-refractivity contribution is 0.464. The summed E-state index contributed by atoms with van der Waals surface area (Å²) < 4.78 is 26.0. The smallest absolute Gasteiger partial charge is 0.243 e. The summed E-state index contributed by atoms with van der Waals surface area (Å²) in [6.07, 6.45) is 7.69. The van der Waals surface area contributed by atoms with Crippen LogP contribution in [0.3, 0.4) is 0 Å². The third kappa shape index (κ3) is 3.60. The number of sulfonamides is 1. The van der Waals surface area contributed by atoms with Gasteiger partial charge in [-0.05, 0) is 30.5 Å². The summed E-state index contributed by atoms with van der Waals surface area (Å²) in [5.74, 6) is 2.38. The fraction of sp³-hybridized carbons (Fsp3) is 0.467. The maximum atomic E-state index is 12.4. The van der Waals surface area contributed by atoms with Gasteiger partial charge in [0.15, 0.2) is 0 Å². The highest BCUT2D eigenvalue weighted by molar-refractivity contribution is 7.89. The largest absolute Gasteiger partial charge is 0.310 e. The molecular formula is C15H20N2O2S. The molecule has 1 aliphatic carbocycles. The molecule has 5 heteroatoms. The number of nitrogens with zero attached hydrogens (tertiary/aromatic N) is 1. The summed E-state index contributed by atoms with van der Waals surface area (Å²) in [6, 6.07) is 7.65. The van der Waals surface area contributed by atoms with Gasteiger partial charge >= 0.3 is 0 Å². The molecule has 0 radical (unpaired) electrons. The van der Waals surface area contributed by atoms with Gasteiger partial charge < -0.3 is 5.32 Å². The van der Waals surface area contributed by atoms with E-state index >= 15 is 0 Å². The molecule has 1 fully saturated rings. The molecule has 0 aromatic heterocycles. The number of benzene rings is 1. The van der Waals surface area contributed by atoms with Gasteiger partial charge in [-0.2, -0.15) is 4.31 Å². The molecule has 0 aliphatic heterocycles. The van der Waals surface area contributed by atoms with Crippen LogP contribution in [0.1, 0.15) is 25.3 Å². The lowest BCUT2D eigenvalue weighted by Gasteiger charge is -2.18. The molecule has 1 aromatic rings. The zero-order valence-corrected chi connectivity index (χ0v) is 12.5. The van der Waals surface area contributed by atoms with Crippen LogP contribution in [-0.2, 0) is 16.6 Å². The van der Waals surface area contributed by atoms with E-state index < -0.39 is 10.0 Å². The monoisotopic (exact) mass is 292 g/mol. The summed E-state index contributed by atoms with van der Waals surface area (Å²) >= 11 is 0. The predicted molar refractivity (Wildman–Crippen MR) is 79.6 cm³/mol. The molecule has 0 spiro atoms. The van der Waals surface area contributed by atoms with Crippen LogP contribution in [0.15, 0.2) is 29.2 Å². The fourth-order valence-corrected chi connectivity index (χ4v) is 3.31. The topological polar surface area (TPSA) is 49.4 Å². The van der Waals surface area contributed by atoms with Gasteiger partial charge in [-0.25, -0.2) is 8.42 Å². The lowest BCUT2D eigenvalue weighted by Crippen LogP contribution is -2.31. The SMILES string of the molecule is C#CCN(CC)S(=O)(=O)c1ccc(CNC2CC2)cc1.